The second-order valence-corrected chi connectivity index (χ2v) is 6.74. The third-order valence-electron chi connectivity index (χ3n) is 5.40. The summed E-state index contributed by atoms with van der Waals surface area (Å²) in [5.74, 6) is 1.21. The molecule has 0 radical (unpaired) electrons. The molecule has 1 aromatic rings. The van der Waals surface area contributed by atoms with Crippen LogP contribution in [0.4, 0.5) is 4.79 Å². The maximum absolute atomic E-state index is 12.6. The molecular formula is C17H27N5O2. The monoisotopic (exact) mass is 333 g/mol. The van der Waals surface area contributed by atoms with Gasteiger partial charge >= 0.3 is 6.03 Å². The van der Waals surface area contributed by atoms with E-state index in [-0.39, 0.29) is 11.9 Å². The number of carbonyl (C=O) groups excluding carboxylic acids is 2. The van der Waals surface area contributed by atoms with E-state index >= 15 is 0 Å². The van der Waals surface area contributed by atoms with Crippen LogP contribution in [0, 0.1) is 11.8 Å². The van der Waals surface area contributed by atoms with Gasteiger partial charge in [-0.15, -0.1) is 0 Å². The molecule has 1 N–H and O–H groups in total. The third kappa shape index (κ3) is 3.39. The number of nitrogens with one attached hydrogen (secondary N) is 1. The highest BCUT2D eigenvalue weighted by Gasteiger charge is 2.35. The zero-order valence-electron chi connectivity index (χ0n) is 14.6. The summed E-state index contributed by atoms with van der Waals surface area (Å²) in [5, 5.41) is 7.02. The number of nitrogens with zero attached hydrogens (tertiary/aromatic N) is 4. The van der Waals surface area contributed by atoms with Gasteiger partial charge in [0.05, 0.1) is 0 Å². The van der Waals surface area contributed by atoms with Crippen molar-refractivity contribution in [2.24, 2.45) is 11.8 Å². The van der Waals surface area contributed by atoms with E-state index in [1.807, 2.05) is 22.9 Å². The Morgan fingerprint density at radius 1 is 1.17 bits per heavy atom. The Hall–Kier alpha value is -2.05. The summed E-state index contributed by atoms with van der Waals surface area (Å²) in [7, 11) is 1.68. The molecule has 0 saturated carbocycles. The van der Waals surface area contributed by atoms with Gasteiger partial charge in [0.25, 0.3) is 5.91 Å². The van der Waals surface area contributed by atoms with Crippen LogP contribution in [0.3, 0.4) is 0 Å². The van der Waals surface area contributed by atoms with Gasteiger partial charge in [-0.2, -0.15) is 5.10 Å². The quantitative estimate of drug-likeness (QED) is 0.909. The largest absolute Gasteiger partial charge is 0.341 e. The molecule has 0 aromatic carbocycles. The first-order valence-electron chi connectivity index (χ1n) is 8.91. The molecule has 2 aliphatic rings. The van der Waals surface area contributed by atoms with Crippen LogP contribution in [0.2, 0.25) is 0 Å². The Morgan fingerprint density at radius 3 is 2.46 bits per heavy atom. The van der Waals surface area contributed by atoms with E-state index in [9.17, 15) is 9.59 Å². The number of likely N-dealkylation sites (tertiary alicyclic amines) is 2. The van der Waals surface area contributed by atoms with Crippen LogP contribution in [0.5, 0.6) is 0 Å². The molecule has 24 heavy (non-hydrogen) atoms. The SMILES string of the molecule is CCn1ccc(C(=O)N2CCC(C3CCN(C(=O)NC)CC3)C2)n1. The Balaban J connectivity index is 1.52. The smallest absolute Gasteiger partial charge is 0.317 e. The lowest BCUT2D eigenvalue weighted by Crippen LogP contribution is -2.44. The summed E-state index contributed by atoms with van der Waals surface area (Å²) in [6, 6.07) is 1.82. The summed E-state index contributed by atoms with van der Waals surface area (Å²) >= 11 is 0. The standard InChI is InChI=1S/C17H27N5O2/c1-3-22-11-7-15(19-22)16(23)21-10-6-14(12-21)13-4-8-20(9-5-13)17(24)18-2/h7,11,13-14H,3-6,8-10,12H2,1-2H3,(H,18,24). The lowest BCUT2D eigenvalue weighted by atomic mass is 9.84. The molecule has 0 spiro atoms. The Kier molecular flexibility index (Phi) is 5.06. The Morgan fingerprint density at radius 2 is 1.83 bits per heavy atom. The molecule has 132 valence electrons. The molecule has 1 atom stereocenters. The van der Waals surface area contributed by atoms with E-state index in [4.69, 9.17) is 0 Å². The Bertz CT molecular complexity index is 592. The van der Waals surface area contributed by atoms with Crippen molar-refractivity contribution in [2.45, 2.75) is 32.7 Å². The lowest BCUT2D eigenvalue weighted by Gasteiger charge is -2.34. The van der Waals surface area contributed by atoms with Gasteiger partial charge < -0.3 is 15.1 Å². The molecule has 7 heteroatoms. The lowest BCUT2D eigenvalue weighted by molar-refractivity contribution is 0.0770. The predicted molar refractivity (Wildman–Crippen MR) is 90.7 cm³/mol. The first kappa shape index (κ1) is 16.8. The molecule has 3 amide bonds. The predicted octanol–water partition coefficient (Wildman–Crippen LogP) is 1.42. The van der Waals surface area contributed by atoms with Gasteiger partial charge in [0.2, 0.25) is 0 Å². The zero-order valence-corrected chi connectivity index (χ0v) is 14.6. The molecule has 0 bridgehead atoms. The van der Waals surface area contributed by atoms with Crippen molar-refractivity contribution in [3.63, 3.8) is 0 Å². The molecule has 2 fully saturated rings. The fraction of sp³-hybridized carbons (Fsp3) is 0.706. The van der Waals surface area contributed by atoms with Crippen molar-refractivity contribution in [1.82, 2.24) is 24.9 Å². The van der Waals surface area contributed by atoms with E-state index < -0.39 is 0 Å². The number of amides is 3. The van der Waals surface area contributed by atoms with Crippen LogP contribution in [-0.4, -0.2) is 64.7 Å². The molecule has 1 unspecified atom stereocenters. The number of urea groups is 1. The van der Waals surface area contributed by atoms with Crippen molar-refractivity contribution in [3.05, 3.63) is 18.0 Å². The second-order valence-electron chi connectivity index (χ2n) is 6.74. The average molecular weight is 333 g/mol. The van der Waals surface area contributed by atoms with Crippen LogP contribution in [0.25, 0.3) is 0 Å². The first-order chi connectivity index (χ1) is 11.6. The highest BCUT2D eigenvalue weighted by molar-refractivity contribution is 5.92. The topological polar surface area (TPSA) is 70.5 Å². The summed E-state index contributed by atoms with van der Waals surface area (Å²) < 4.78 is 1.79. The summed E-state index contributed by atoms with van der Waals surface area (Å²) in [6.07, 6.45) is 4.98. The maximum atomic E-state index is 12.6. The number of aryl methyl sites for hydroxylation is 1. The summed E-state index contributed by atoms with van der Waals surface area (Å²) in [4.78, 5) is 28.1. The van der Waals surface area contributed by atoms with Crippen molar-refractivity contribution < 1.29 is 9.59 Å². The fourth-order valence-electron chi connectivity index (χ4n) is 3.90. The van der Waals surface area contributed by atoms with Gasteiger partial charge in [0.15, 0.2) is 0 Å². The molecule has 3 rings (SSSR count). The number of piperidine rings is 1. The molecular weight excluding hydrogens is 306 g/mol. The minimum absolute atomic E-state index is 0.0168. The number of carbonyl (C=O) groups is 2. The normalized spacial score (nSPS) is 22.0. The van der Waals surface area contributed by atoms with Crippen LogP contribution in [0.1, 0.15) is 36.7 Å². The van der Waals surface area contributed by atoms with Crippen molar-refractivity contribution in [3.8, 4) is 0 Å². The minimum atomic E-state index is 0.0168. The number of aromatic nitrogens is 2. The highest BCUT2D eigenvalue weighted by Crippen LogP contribution is 2.32. The fourth-order valence-corrected chi connectivity index (χ4v) is 3.90. The molecule has 1 aromatic heterocycles. The van der Waals surface area contributed by atoms with Gasteiger partial charge in [-0.25, -0.2) is 4.79 Å². The van der Waals surface area contributed by atoms with Gasteiger partial charge in [-0.1, -0.05) is 0 Å². The molecule has 2 aliphatic heterocycles. The first-order valence-corrected chi connectivity index (χ1v) is 8.91. The van der Waals surface area contributed by atoms with Crippen LogP contribution in [-0.2, 0) is 6.54 Å². The van der Waals surface area contributed by atoms with E-state index in [2.05, 4.69) is 10.4 Å². The van der Waals surface area contributed by atoms with Crippen LogP contribution < -0.4 is 5.32 Å². The van der Waals surface area contributed by atoms with Crippen LogP contribution >= 0.6 is 0 Å². The molecule has 0 aliphatic carbocycles. The third-order valence-corrected chi connectivity index (χ3v) is 5.40. The zero-order chi connectivity index (χ0) is 17.1. The van der Waals surface area contributed by atoms with Crippen molar-refractivity contribution >= 4 is 11.9 Å². The van der Waals surface area contributed by atoms with E-state index in [1.165, 1.54) is 0 Å². The molecule has 2 saturated heterocycles. The van der Waals surface area contributed by atoms with Gasteiger partial charge in [-0.3, -0.25) is 9.48 Å². The Labute approximate surface area is 143 Å². The van der Waals surface area contributed by atoms with Crippen molar-refractivity contribution in [2.75, 3.05) is 33.2 Å². The van der Waals surface area contributed by atoms with E-state index in [1.54, 1.807) is 17.8 Å². The highest BCUT2D eigenvalue weighted by atomic mass is 16.2. The summed E-state index contributed by atoms with van der Waals surface area (Å²) in [5.41, 5.74) is 0.548. The molecule has 7 nitrogen and oxygen atoms in total. The number of hydrogen-bond acceptors (Lipinski definition) is 3. The average Bonchev–Trinajstić information content (AvgIpc) is 3.30. The minimum Gasteiger partial charge on any atom is -0.341 e. The van der Waals surface area contributed by atoms with E-state index in [0.717, 1.165) is 52.0 Å². The summed E-state index contributed by atoms with van der Waals surface area (Å²) in [6.45, 7) is 6.06. The van der Waals surface area contributed by atoms with Gasteiger partial charge in [0, 0.05) is 46.0 Å². The van der Waals surface area contributed by atoms with Crippen LogP contribution in [0.15, 0.2) is 12.3 Å². The van der Waals surface area contributed by atoms with E-state index in [0.29, 0.717) is 17.5 Å². The van der Waals surface area contributed by atoms with Gasteiger partial charge in [-0.05, 0) is 44.1 Å². The molecule has 3 heterocycles. The number of rotatable bonds is 3. The number of hydrogen-bond donors (Lipinski definition) is 1. The second kappa shape index (κ2) is 7.23. The maximum Gasteiger partial charge on any atom is 0.317 e. The van der Waals surface area contributed by atoms with Crippen molar-refractivity contribution in [1.29, 1.82) is 0 Å². The van der Waals surface area contributed by atoms with Gasteiger partial charge in [0.1, 0.15) is 5.69 Å².